The summed E-state index contributed by atoms with van der Waals surface area (Å²) in [4.78, 5) is 22.9. The molecule has 0 atom stereocenters. The number of rotatable bonds is 7. The molecule has 1 aromatic carbocycles. The maximum atomic E-state index is 11.6. The highest BCUT2D eigenvalue weighted by Crippen LogP contribution is 2.18. The van der Waals surface area contributed by atoms with Gasteiger partial charge in [-0.3, -0.25) is 9.59 Å². The maximum Gasteiger partial charge on any atom is 0.257 e. The van der Waals surface area contributed by atoms with E-state index in [4.69, 9.17) is 4.74 Å². The number of hydrogen-bond donors (Lipinski definition) is 1. The van der Waals surface area contributed by atoms with E-state index in [1.165, 1.54) is 6.92 Å². The van der Waals surface area contributed by atoms with E-state index in [1.807, 2.05) is 0 Å². The Morgan fingerprint density at radius 3 is 2.58 bits per heavy atom. The Kier molecular flexibility index (Phi) is 6.06. The van der Waals surface area contributed by atoms with Gasteiger partial charge in [0.05, 0.1) is 5.56 Å². The van der Waals surface area contributed by atoms with Crippen molar-refractivity contribution in [2.24, 2.45) is 5.92 Å². The summed E-state index contributed by atoms with van der Waals surface area (Å²) in [6, 6.07) is 6.93. The standard InChI is InChI=1S/C15H21NO3/c1-11(2)8-9-16-15(18)10-19-14-7-5-4-6-13(14)12(3)17/h4-7,11H,8-10H2,1-3H3,(H,16,18). The molecule has 1 rings (SSSR count). The second kappa shape index (κ2) is 7.56. The van der Waals surface area contributed by atoms with Crippen LogP contribution in [0.2, 0.25) is 0 Å². The Morgan fingerprint density at radius 2 is 1.95 bits per heavy atom. The Morgan fingerprint density at radius 1 is 1.26 bits per heavy atom. The van der Waals surface area contributed by atoms with Gasteiger partial charge in [-0.25, -0.2) is 0 Å². The summed E-state index contributed by atoms with van der Waals surface area (Å²) in [5, 5.41) is 2.78. The van der Waals surface area contributed by atoms with Crippen molar-refractivity contribution in [1.29, 1.82) is 0 Å². The van der Waals surface area contributed by atoms with Crippen LogP contribution < -0.4 is 10.1 Å². The molecule has 0 aliphatic carbocycles. The van der Waals surface area contributed by atoms with E-state index < -0.39 is 0 Å². The normalized spacial score (nSPS) is 10.3. The molecule has 0 spiro atoms. The molecule has 0 radical (unpaired) electrons. The van der Waals surface area contributed by atoms with E-state index in [1.54, 1.807) is 24.3 Å². The maximum absolute atomic E-state index is 11.6. The summed E-state index contributed by atoms with van der Waals surface area (Å²) in [5.41, 5.74) is 0.498. The minimum absolute atomic E-state index is 0.0671. The summed E-state index contributed by atoms with van der Waals surface area (Å²) < 4.78 is 5.38. The second-order valence-electron chi connectivity index (χ2n) is 4.87. The first-order chi connectivity index (χ1) is 9.00. The van der Waals surface area contributed by atoms with Crippen molar-refractivity contribution in [3.8, 4) is 5.75 Å². The van der Waals surface area contributed by atoms with E-state index in [9.17, 15) is 9.59 Å². The number of benzene rings is 1. The lowest BCUT2D eigenvalue weighted by atomic mass is 10.1. The Balaban J connectivity index is 2.44. The van der Waals surface area contributed by atoms with Crippen molar-refractivity contribution in [1.82, 2.24) is 5.32 Å². The molecule has 0 unspecified atom stereocenters. The van der Waals surface area contributed by atoms with Crippen LogP contribution in [-0.2, 0) is 4.79 Å². The van der Waals surface area contributed by atoms with Crippen molar-refractivity contribution < 1.29 is 14.3 Å². The smallest absolute Gasteiger partial charge is 0.257 e. The van der Waals surface area contributed by atoms with Gasteiger partial charge in [0.2, 0.25) is 0 Å². The van der Waals surface area contributed by atoms with E-state index >= 15 is 0 Å². The molecule has 19 heavy (non-hydrogen) atoms. The van der Waals surface area contributed by atoms with Crippen LogP contribution in [0.15, 0.2) is 24.3 Å². The lowest BCUT2D eigenvalue weighted by Gasteiger charge is -2.10. The third-order valence-electron chi connectivity index (χ3n) is 2.67. The Bertz CT molecular complexity index is 441. The molecule has 0 heterocycles. The van der Waals surface area contributed by atoms with Gasteiger partial charge in [-0.05, 0) is 31.4 Å². The fourth-order valence-electron chi connectivity index (χ4n) is 1.58. The molecule has 1 aromatic rings. The van der Waals surface area contributed by atoms with Gasteiger partial charge in [-0.2, -0.15) is 0 Å². The topological polar surface area (TPSA) is 55.4 Å². The monoisotopic (exact) mass is 263 g/mol. The third-order valence-corrected chi connectivity index (χ3v) is 2.67. The number of carbonyl (C=O) groups is 2. The van der Waals surface area contributed by atoms with Gasteiger partial charge < -0.3 is 10.1 Å². The van der Waals surface area contributed by atoms with E-state index in [0.29, 0.717) is 23.8 Å². The number of Topliss-reactive ketones (excluding diaryl/α,β-unsaturated/α-hetero) is 1. The lowest BCUT2D eigenvalue weighted by molar-refractivity contribution is -0.123. The molecule has 104 valence electrons. The minimum atomic E-state index is -0.168. The van der Waals surface area contributed by atoms with E-state index in [-0.39, 0.29) is 18.3 Å². The highest BCUT2D eigenvalue weighted by Gasteiger charge is 2.09. The molecule has 4 nitrogen and oxygen atoms in total. The van der Waals surface area contributed by atoms with Gasteiger partial charge in [0.1, 0.15) is 5.75 Å². The van der Waals surface area contributed by atoms with Crippen LogP contribution in [0.4, 0.5) is 0 Å². The average Bonchev–Trinajstić information content (AvgIpc) is 2.36. The van der Waals surface area contributed by atoms with Crippen LogP contribution >= 0.6 is 0 Å². The van der Waals surface area contributed by atoms with Gasteiger partial charge in [-0.1, -0.05) is 26.0 Å². The van der Waals surface area contributed by atoms with Gasteiger partial charge >= 0.3 is 0 Å². The molecule has 0 bridgehead atoms. The van der Waals surface area contributed by atoms with Gasteiger partial charge in [0.15, 0.2) is 12.4 Å². The van der Waals surface area contributed by atoms with Crippen molar-refractivity contribution in [2.45, 2.75) is 27.2 Å². The number of amides is 1. The van der Waals surface area contributed by atoms with Gasteiger partial charge in [0, 0.05) is 6.54 Å². The number of para-hydroxylation sites is 1. The predicted molar refractivity (Wildman–Crippen MR) is 74.4 cm³/mol. The predicted octanol–water partition coefficient (Wildman–Crippen LogP) is 2.43. The molecule has 4 heteroatoms. The molecule has 0 aliphatic heterocycles. The molecule has 0 fully saturated rings. The van der Waals surface area contributed by atoms with Crippen molar-refractivity contribution in [2.75, 3.05) is 13.2 Å². The van der Waals surface area contributed by atoms with Crippen LogP contribution in [0.25, 0.3) is 0 Å². The number of ether oxygens (including phenoxy) is 1. The molecule has 0 saturated heterocycles. The Labute approximate surface area is 114 Å². The number of ketones is 1. The van der Waals surface area contributed by atoms with Gasteiger partial charge in [0.25, 0.3) is 5.91 Å². The summed E-state index contributed by atoms with van der Waals surface area (Å²) in [5.74, 6) is 0.767. The first-order valence-corrected chi connectivity index (χ1v) is 6.50. The van der Waals surface area contributed by atoms with Crippen LogP contribution in [0.3, 0.4) is 0 Å². The number of nitrogens with one attached hydrogen (secondary N) is 1. The zero-order chi connectivity index (χ0) is 14.3. The second-order valence-corrected chi connectivity index (χ2v) is 4.87. The quantitative estimate of drug-likeness (QED) is 0.769. The van der Waals surface area contributed by atoms with E-state index in [0.717, 1.165) is 6.42 Å². The van der Waals surface area contributed by atoms with Crippen LogP contribution in [0.1, 0.15) is 37.6 Å². The van der Waals surface area contributed by atoms with Gasteiger partial charge in [-0.15, -0.1) is 0 Å². The van der Waals surface area contributed by atoms with Crippen LogP contribution in [0.5, 0.6) is 5.75 Å². The Hall–Kier alpha value is -1.84. The number of hydrogen-bond acceptors (Lipinski definition) is 3. The molecule has 1 N–H and O–H groups in total. The molecule has 0 aromatic heterocycles. The fraction of sp³-hybridized carbons (Fsp3) is 0.467. The summed E-state index contributed by atoms with van der Waals surface area (Å²) in [6.07, 6.45) is 0.940. The first kappa shape index (κ1) is 15.2. The minimum Gasteiger partial charge on any atom is -0.483 e. The van der Waals surface area contributed by atoms with E-state index in [2.05, 4.69) is 19.2 Å². The first-order valence-electron chi connectivity index (χ1n) is 6.50. The molecule has 1 amide bonds. The molecule has 0 aliphatic rings. The van der Waals surface area contributed by atoms with Crippen molar-refractivity contribution >= 4 is 11.7 Å². The SMILES string of the molecule is CC(=O)c1ccccc1OCC(=O)NCCC(C)C. The molecular formula is C15H21NO3. The summed E-state index contributed by atoms with van der Waals surface area (Å²) in [7, 11) is 0. The summed E-state index contributed by atoms with van der Waals surface area (Å²) in [6.45, 7) is 6.26. The highest BCUT2D eigenvalue weighted by molar-refractivity contribution is 5.96. The average molecular weight is 263 g/mol. The third kappa shape index (κ3) is 5.55. The zero-order valence-electron chi connectivity index (χ0n) is 11.7. The zero-order valence-corrected chi connectivity index (χ0v) is 11.7. The highest BCUT2D eigenvalue weighted by atomic mass is 16.5. The van der Waals surface area contributed by atoms with Crippen LogP contribution in [-0.4, -0.2) is 24.8 Å². The molecule has 0 saturated carbocycles. The van der Waals surface area contributed by atoms with Crippen molar-refractivity contribution in [3.05, 3.63) is 29.8 Å². The molecular weight excluding hydrogens is 242 g/mol. The summed E-state index contributed by atoms with van der Waals surface area (Å²) >= 11 is 0. The van der Waals surface area contributed by atoms with Crippen molar-refractivity contribution in [3.63, 3.8) is 0 Å². The van der Waals surface area contributed by atoms with Crippen LogP contribution in [0, 0.1) is 5.92 Å². The lowest BCUT2D eigenvalue weighted by Crippen LogP contribution is -2.30. The fourth-order valence-corrected chi connectivity index (χ4v) is 1.58. The largest absolute Gasteiger partial charge is 0.483 e. The number of carbonyl (C=O) groups excluding carboxylic acids is 2.